The summed E-state index contributed by atoms with van der Waals surface area (Å²) in [6.45, 7) is -0.248. The molecule has 0 aliphatic heterocycles. The lowest BCUT2D eigenvalue weighted by Crippen LogP contribution is -2.39. The molecular formula is C17H21ClF2IN3O3. The first-order valence-corrected chi connectivity index (χ1v) is 8.34. The summed E-state index contributed by atoms with van der Waals surface area (Å²) in [6, 6.07) is 7.71. The standard InChI is InChI=1S/C17H20ClF2N3O3.HI/c1-2-21-17(23-10-13(24)15-4-3-7-25-15)22-9-11-8-12(18)5-6-14(11)26-16(19)20;/h3-8,13,16,24H,2,9-10H2,1H3,(H2,21,22,23);1H. The maximum Gasteiger partial charge on any atom is 0.387 e. The number of aliphatic hydroxyl groups is 1. The number of furan rings is 1. The van der Waals surface area contributed by atoms with E-state index in [0.29, 0.717) is 28.9 Å². The fraction of sp³-hybridized carbons (Fsp3) is 0.353. The number of ether oxygens (including phenoxy) is 1. The Labute approximate surface area is 178 Å². The normalized spacial score (nSPS) is 12.4. The van der Waals surface area contributed by atoms with Crippen LogP contribution in [-0.2, 0) is 6.54 Å². The summed E-state index contributed by atoms with van der Waals surface area (Å²) in [5.74, 6) is 0.844. The van der Waals surface area contributed by atoms with E-state index in [0.717, 1.165) is 0 Å². The van der Waals surface area contributed by atoms with Crippen molar-refractivity contribution in [2.75, 3.05) is 13.1 Å². The molecule has 0 fully saturated rings. The summed E-state index contributed by atoms with van der Waals surface area (Å²) in [7, 11) is 0. The van der Waals surface area contributed by atoms with Crippen molar-refractivity contribution in [3.05, 3.63) is 52.9 Å². The Morgan fingerprint density at radius 2 is 2.11 bits per heavy atom. The molecule has 3 N–H and O–H groups in total. The molecule has 27 heavy (non-hydrogen) atoms. The molecule has 0 amide bonds. The largest absolute Gasteiger partial charge is 0.467 e. The SMILES string of the molecule is CCNC(=NCc1cc(Cl)ccc1OC(F)F)NCC(O)c1ccco1.I. The zero-order valence-corrected chi connectivity index (χ0v) is 17.6. The number of rotatable bonds is 8. The van der Waals surface area contributed by atoms with Crippen LogP contribution in [0.4, 0.5) is 8.78 Å². The van der Waals surface area contributed by atoms with Crippen LogP contribution in [0, 0.1) is 0 Å². The molecule has 0 bridgehead atoms. The van der Waals surface area contributed by atoms with Crippen molar-refractivity contribution in [3.63, 3.8) is 0 Å². The minimum atomic E-state index is -2.94. The van der Waals surface area contributed by atoms with Crippen molar-refractivity contribution in [2.24, 2.45) is 4.99 Å². The number of nitrogens with zero attached hydrogens (tertiary/aromatic N) is 1. The van der Waals surface area contributed by atoms with E-state index in [2.05, 4.69) is 20.4 Å². The number of hydrogen-bond donors (Lipinski definition) is 3. The van der Waals surface area contributed by atoms with E-state index in [1.807, 2.05) is 6.92 Å². The summed E-state index contributed by atoms with van der Waals surface area (Å²) in [6.07, 6.45) is 0.624. The Balaban J connectivity index is 0.00000364. The Bertz CT molecular complexity index is 717. The molecule has 1 atom stereocenters. The summed E-state index contributed by atoms with van der Waals surface area (Å²) >= 11 is 5.92. The van der Waals surface area contributed by atoms with Crippen LogP contribution in [0.5, 0.6) is 5.75 Å². The highest BCUT2D eigenvalue weighted by atomic mass is 127. The first-order chi connectivity index (χ1) is 12.5. The van der Waals surface area contributed by atoms with Crippen LogP contribution in [0.2, 0.25) is 5.02 Å². The number of guanidine groups is 1. The molecule has 6 nitrogen and oxygen atoms in total. The van der Waals surface area contributed by atoms with Crippen LogP contribution in [-0.4, -0.2) is 30.8 Å². The molecule has 0 aliphatic rings. The van der Waals surface area contributed by atoms with Gasteiger partial charge in [0.2, 0.25) is 0 Å². The van der Waals surface area contributed by atoms with Crippen LogP contribution in [0.1, 0.15) is 24.4 Å². The van der Waals surface area contributed by atoms with E-state index >= 15 is 0 Å². The lowest BCUT2D eigenvalue weighted by Gasteiger charge is -2.14. The number of aliphatic imine (C=N–C) groups is 1. The molecular weight excluding hydrogens is 495 g/mol. The Hall–Kier alpha value is -1.59. The highest BCUT2D eigenvalue weighted by Gasteiger charge is 2.12. The molecule has 10 heteroatoms. The molecule has 1 aromatic heterocycles. The molecule has 1 unspecified atom stereocenters. The van der Waals surface area contributed by atoms with Gasteiger partial charge in [0, 0.05) is 17.1 Å². The first-order valence-electron chi connectivity index (χ1n) is 7.96. The molecule has 2 rings (SSSR count). The van der Waals surface area contributed by atoms with Crippen molar-refractivity contribution in [2.45, 2.75) is 26.2 Å². The highest BCUT2D eigenvalue weighted by molar-refractivity contribution is 14.0. The van der Waals surface area contributed by atoms with Gasteiger partial charge in [-0.15, -0.1) is 24.0 Å². The van der Waals surface area contributed by atoms with E-state index in [-0.39, 0.29) is 42.8 Å². The van der Waals surface area contributed by atoms with E-state index < -0.39 is 12.7 Å². The predicted octanol–water partition coefficient (Wildman–Crippen LogP) is 3.94. The van der Waals surface area contributed by atoms with Crippen molar-refractivity contribution < 1.29 is 23.0 Å². The van der Waals surface area contributed by atoms with E-state index in [1.165, 1.54) is 24.5 Å². The van der Waals surface area contributed by atoms with Crippen LogP contribution in [0.3, 0.4) is 0 Å². The van der Waals surface area contributed by atoms with Gasteiger partial charge in [-0.2, -0.15) is 8.78 Å². The molecule has 1 heterocycles. The fourth-order valence-corrected chi connectivity index (χ4v) is 2.36. The molecule has 0 saturated heterocycles. The van der Waals surface area contributed by atoms with Gasteiger partial charge in [0.1, 0.15) is 17.6 Å². The van der Waals surface area contributed by atoms with Gasteiger partial charge in [0.15, 0.2) is 5.96 Å². The van der Waals surface area contributed by atoms with Crippen molar-refractivity contribution in [3.8, 4) is 5.75 Å². The van der Waals surface area contributed by atoms with E-state index in [9.17, 15) is 13.9 Å². The minimum absolute atomic E-state index is 0. The lowest BCUT2D eigenvalue weighted by molar-refractivity contribution is -0.0504. The molecule has 150 valence electrons. The van der Waals surface area contributed by atoms with E-state index in [1.54, 1.807) is 12.1 Å². The Kier molecular flexibility index (Phi) is 10.4. The number of aliphatic hydroxyl groups excluding tert-OH is 1. The lowest BCUT2D eigenvalue weighted by atomic mass is 10.2. The molecule has 0 aliphatic carbocycles. The smallest absolute Gasteiger partial charge is 0.387 e. The van der Waals surface area contributed by atoms with Gasteiger partial charge >= 0.3 is 6.61 Å². The zero-order valence-electron chi connectivity index (χ0n) is 14.5. The second-order valence-corrected chi connectivity index (χ2v) is 5.67. The Morgan fingerprint density at radius 3 is 2.74 bits per heavy atom. The maximum atomic E-state index is 12.5. The van der Waals surface area contributed by atoms with Gasteiger partial charge in [-0.3, -0.25) is 0 Å². The average Bonchev–Trinajstić information content (AvgIpc) is 3.13. The average molecular weight is 516 g/mol. The van der Waals surface area contributed by atoms with Gasteiger partial charge in [0.05, 0.1) is 19.4 Å². The summed E-state index contributed by atoms with van der Waals surface area (Å²) in [5.41, 5.74) is 0.418. The van der Waals surface area contributed by atoms with Crippen LogP contribution in [0.15, 0.2) is 46.0 Å². The highest BCUT2D eigenvalue weighted by Crippen LogP contribution is 2.25. The summed E-state index contributed by atoms with van der Waals surface area (Å²) in [5, 5.41) is 16.4. The third-order valence-electron chi connectivity index (χ3n) is 3.32. The quantitative estimate of drug-likeness (QED) is 0.282. The van der Waals surface area contributed by atoms with Gasteiger partial charge in [-0.05, 0) is 37.3 Å². The van der Waals surface area contributed by atoms with Gasteiger partial charge < -0.3 is 24.9 Å². The molecule has 1 aromatic carbocycles. The van der Waals surface area contributed by atoms with Crippen molar-refractivity contribution in [1.29, 1.82) is 0 Å². The van der Waals surface area contributed by atoms with Crippen molar-refractivity contribution >= 4 is 41.5 Å². The van der Waals surface area contributed by atoms with Crippen LogP contribution in [0.25, 0.3) is 0 Å². The third-order valence-corrected chi connectivity index (χ3v) is 3.56. The Morgan fingerprint density at radius 1 is 1.33 bits per heavy atom. The molecule has 2 aromatic rings. The summed E-state index contributed by atoms with van der Waals surface area (Å²) in [4.78, 5) is 4.32. The number of benzene rings is 1. The van der Waals surface area contributed by atoms with E-state index in [4.69, 9.17) is 16.0 Å². The first kappa shape index (κ1) is 23.4. The molecule has 0 spiro atoms. The fourth-order valence-electron chi connectivity index (χ4n) is 2.16. The van der Waals surface area contributed by atoms with Crippen LogP contribution < -0.4 is 15.4 Å². The number of halogens is 4. The summed E-state index contributed by atoms with van der Waals surface area (Å²) < 4.78 is 34.6. The number of nitrogens with one attached hydrogen (secondary N) is 2. The monoisotopic (exact) mass is 515 g/mol. The topological polar surface area (TPSA) is 79.0 Å². The predicted molar refractivity (Wildman–Crippen MR) is 110 cm³/mol. The van der Waals surface area contributed by atoms with Crippen molar-refractivity contribution in [1.82, 2.24) is 10.6 Å². The maximum absolute atomic E-state index is 12.5. The minimum Gasteiger partial charge on any atom is -0.467 e. The van der Waals surface area contributed by atoms with Gasteiger partial charge in [0.25, 0.3) is 0 Å². The van der Waals surface area contributed by atoms with Gasteiger partial charge in [-0.25, -0.2) is 4.99 Å². The second-order valence-electron chi connectivity index (χ2n) is 5.24. The van der Waals surface area contributed by atoms with Gasteiger partial charge in [-0.1, -0.05) is 11.6 Å². The number of hydrogen-bond acceptors (Lipinski definition) is 4. The zero-order chi connectivity index (χ0) is 18.9. The number of alkyl halides is 2. The molecule has 0 saturated carbocycles. The molecule has 0 radical (unpaired) electrons. The van der Waals surface area contributed by atoms with Crippen LogP contribution >= 0.6 is 35.6 Å². The third kappa shape index (κ3) is 7.89. The second kappa shape index (κ2) is 12.0.